The number of nitrogens with zero attached hydrogens (tertiary/aromatic N) is 2. The fourth-order valence-electron chi connectivity index (χ4n) is 4.57. The molecule has 1 aromatic heterocycles. The highest BCUT2D eigenvalue weighted by Gasteiger charge is 2.37. The van der Waals surface area contributed by atoms with Crippen LogP contribution >= 0.6 is 0 Å². The number of esters is 1. The minimum atomic E-state index is -0.639. The van der Waals surface area contributed by atoms with Crippen molar-refractivity contribution in [3.63, 3.8) is 0 Å². The molecule has 1 aromatic rings. The van der Waals surface area contributed by atoms with E-state index in [9.17, 15) is 14.4 Å². The Balaban J connectivity index is 2.44. The quantitative estimate of drug-likeness (QED) is 0.528. The molecule has 1 N–H and O–H groups in total. The van der Waals surface area contributed by atoms with Crippen molar-refractivity contribution in [2.75, 3.05) is 6.61 Å². The second-order valence-electron chi connectivity index (χ2n) is 9.63. The van der Waals surface area contributed by atoms with Gasteiger partial charge in [-0.05, 0) is 66.9 Å². The molecule has 1 unspecified atom stereocenters. The van der Waals surface area contributed by atoms with Gasteiger partial charge in [0.05, 0.1) is 12.6 Å². The minimum absolute atomic E-state index is 0.0314. The normalized spacial score (nSPS) is 16.0. The van der Waals surface area contributed by atoms with Crippen molar-refractivity contribution in [3.8, 4) is 0 Å². The summed E-state index contributed by atoms with van der Waals surface area (Å²) in [4.78, 5) is 41.2. The van der Waals surface area contributed by atoms with Crippen molar-refractivity contribution in [2.45, 2.75) is 98.2 Å². The Morgan fingerprint density at radius 3 is 2.26 bits per heavy atom. The Labute approximate surface area is 186 Å². The number of urea groups is 1. The maximum Gasteiger partial charge on any atom is 0.355 e. The molecule has 2 rings (SSSR count). The van der Waals surface area contributed by atoms with E-state index in [4.69, 9.17) is 4.74 Å². The van der Waals surface area contributed by atoms with Crippen LogP contribution in [-0.2, 0) is 11.8 Å². The molecule has 1 fully saturated rings. The number of carbonyl (C=O) groups excluding carboxylic acids is 3. The Morgan fingerprint density at radius 2 is 1.74 bits per heavy atom. The van der Waals surface area contributed by atoms with Crippen LogP contribution < -0.4 is 5.32 Å². The van der Waals surface area contributed by atoms with Crippen molar-refractivity contribution in [2.24, 2.45) is 7.05 Å². The molecule has 1 heterocycles. The third kappa shape index (κ3) is 5.49. The molecule has 7 nitrogen and oxygen atoms in total. The van der Waals surface area contributed by atoms with Gasteiger partial charge in [-0.2, -0.15) is 0 Å². The van der Waals surface area contributed by atoms with E-state index in [0.717, 1.165) is 32.1 Å². The van der Waals surface area contributed by atoms with E-state index in [2.05, 4.69) is 5.32 Å². The van der Waals surface area contributed by atoms with Gasteiger partial charge in [-0.15, -0.1) is 0 Å². The van der Waals surface area contributed by atoms with Crippen LogP contribution in [0.25, 0.3) is 0 Å². The number of Topliss-reactive ketones (excluding diaryl/α,β-unsaturated/α-hetero) is 1. The van der Waals surface area contributed by atoms with E-state index in [1.54, 1.807) is 37.3 Å². The molecule has 1 aliphatic carbocycles. The summed E-state index contributed by atoms with van der Waals surface area (Å²) in [7, 11) is 1.77. The number of rotatable bonds is 6. The van der Waals surface area contributed by atoms with Gasteiger partial charge in [0.1, 0.15) is 5.69 Å². The summed E-state index contributed by atoms with van der Waals surface area (Å²) in [5.74, 6) is -0.581. The number of hydrogen-bond donors (Lipinski definition) is 1. The average molecular weight is 434 g/mol. The third-order valence-electron chi connectivity index (χ3n) is 6.13. The Morgan fingerprint density at radius 1 is 1.16 bits per heavy atom. The van der Waals surface area contributed by atoms with Gasteiger partial charge in [0, 0.05) is 29.9 Å². The van der Waals surface area contributed by atoms with Gasteiger partial charge < -0.3 is 19.5 Å². The van der Waals surface area contributed by atoms with Gasteiger partial charge in [-0.1, -0.05) is 19.3 Å². The minimum Gasteiger partial charge on any atom is -0.461 e. The van der Waals surface area contributed by atoms with Gasteiger partial charge in [0.15, 0.2) is 5.78 Å². The van der Waals surface area contributed by atoms with Crippen LogP contribution in [0, 0.1) is 13.8 Å². The molecule has 1 atom stereocenters. The molecule has 7 heteroatoms. The Hall–Kier alpha value is -2.31. The first-order chi connectivity index (χ1) is 14.4. The second-order valence-corrected chi connectivity index (χ2v) is 9.63. The zero-order chi connectivity index (χ0) is 23.5. The van der Waals surface area contributed by atoms with Gasteiger partial charge in [-0.25, -0.2) is 9.59 Å². The molecular formula is C24H39N3O4. The first kappa shape index (κ1) is 25.0. The number of carbonyl (C=O) groups is 3. The summed E-state index contributed by atoms with van der Waals surface area (Å²) in [6, 6.07) is -0.818. The molecular weight excluding hydrogens is 394 g/mol. The van der Waals surface area contributed by atoms with E-state index in [1.165, 1.54) is 0 Å². The average Bonchev–Trinajstić information content (AvgIpc) is 2.89. The Bertz CT molecular complexity index is 829. The summed E-state index contributed by atoms with van der Waals surface area (Å²) < 4.78 is 6.90. The van der Waals surface area contributed by atoms with Crippen molar-refractivity contribution in [3.05, 3.63) is 22.5 Å². The predicted molar refractivity (Wildman–Crippen MR) is 122 cm³/mol. The van der Waals surface area contributed by atoms with Crippen molar-refractivity contribution < 1.29 is 19.1 Å². The summed E-state index contributed by atoms with van der Waals surface area (Å²) in [6.07, 6.45) is 5.07. The van der Waals surface area contributed by atoms with Gasteiger partial charge in [0.2, 0.25) is 0 Å². The van der Waals surface area contributed by atoms with E-state index in [-0.39, 0.29) is 24.5 Å². The largest absolute Gasteiger partial charge is 0.461 e. The number of nitrogens with one attached hydrogen (secondary N) is 1. The highest BCUT2D eigenvalue weighted by Crippen LogP contribution is 2.29. The maximum atomic E-state index is 13.7. The summed E-state index contributed by atoms with van der Waals surface area (Å²) in [5, 5.41) is 3.04. The SMILES string of the molecule is CCOC(=O)c1c(C)c(C(=O)C(C)N(C(=O)NC(C)(C)C)C2CCCCC2)c(C)n1C. The molecule has 0 aliphatic heterocycles. The molecule has 0 bridgehead atoms. The van der Waals surface area contributed by atoms with Crippen LogP contribution in [0.1, 0.15) is 98.8 Å². The van der Waals surface area contributed by atoms with E-state index in [1.807, 2.05) is 27.7 Å². The molecule has 0 radical (unpaired) electrons. The molecule has 2 amide bonds. The van der Waals surface area contributed by atoms with E-state index in [0.29, 0.717) is 22.5 Å². The van der Waals surface area contributed by atoms with Crippen LogP contribution in [-0.4, -0.2) is 51.5 Å². The fraction of sp³-hybridized carbons (Fsp3) is 0.708. The van der Waals surface area contributed by atoms with E-state index < -0.39 is 17.6 Å². The summed E-state index contributed by atoms with van der Waals surface area (Å²) >= 11 is 0. The van der Waals surface area contributed by atoms with Crippen LogP contribution in [0.4, 0.5) is 4.79 Å². The number of ether oxygens (including phenoxy) is 1. The lowest BCUT2D eigenvalue weighted by molar-refractivity contribution is 0.0514. The van der Waals surface area contributed by atoms with Gasteiger partial charge in [-0.3, -0.25) is 4.79 Å². The molecule has 31 heavy (non-hydrogen) atoms. The predicted octanol–water partition coefficient (Wildman–Crippen LogP) is 4.53. The maximum absolute atomic E-state index is 13.7. The first-order valence-corrected chi connectivity index (χ1v) is 11.4. The first-order valence-electron chi connectivity index (χ1n) is 11.4. The van der Waals surface area contributed by atoms with Crippen LogP contribution in [0.5, 0.6) is 0 Å². The van der Waals surface area contributed by atoms with Crippen LogP contribution in [0.15, 0.2) is 0 Å². The number of hydrogen-bond acceptors (Lipinski definition) is 4. The lowest BCUT2D eigenvalue weighted by atomic mass is 9.91. The highest BCUT2D eigenvalue weighted by molar-refractivity contribution is 6.06. The Kier molecular flexibility index (Phi) is 7.95. The molecule has 0 aromatic carbocycles. The standard InChI is InChI=1S/C24H39N3O4/c1-9-31-22(29)20-15(2)19(16(3)26(20)8)21(28)17(4)27(18-13-11-10-12-14-18)23(30)25-24(5,6)7/h17-18H,9-14H2,1-8H3,(H,25,30). The smallest absolute Gasteiger partial charge is 0.355 e. The lowest BCUT2D eigenvalue weighted by Gasteiger charge is -2.39. The fourth-order valence-corrected chi connectivity index (χ4v) is 4.57. The molecule has 0 saturated heterocycles. The number of amides is 2. The molecule has 1 saturated carbocycles. The zero-order valence-corrected chi connectivity index (χ0v) is 20.4. The highest BCUT2D eigenvalue weighted by atomic mass is 16.5. The van der Waals surface area contributed by atoms with Crippen LogP contribution in [0.2, 0.25) is 0 Å². The van der Waals surface area contributed by atoms with Crippen molar-refractivity contribution >= 4 is 17.8 Å². The van der Waals surface area contributed by atoms with Crippen molar-refractivity contribution in [1.82, 2.24) is 14.8 Å². The monoisotopic (exact) mass is 433 g/mol. The number of aromatic nitrogens is 1. The third-order valence-corrected chi connectivity index (χ3v) is 6.13. The zero-order valence-electron chi connectivity index (χ0n) is 20.4. The summed E-state index contributed by atoms with van der Waals surface area (Å²) in [5.41, 5.74) is 1.80. The second kappa shape index (κ2) is 9.88. The van der Waals surface area contributed by atoms with E-state index >= 15 is 0 Å². The molecule has 0 spiro atoms. The molecule has 174 valence electrons. The van der Waals surface area contributed by atoms with Gasteiger partial charge >= 0.3 is 12.0 Å². The van der Waals surface area contributed by atoms with Crippen molar-refractivity contribution in [1.29, 1.82) is 0 Å². The van der Waals surface area contributed by atoms with Crippen LogP contribution in [0.3, 0.4) is 0 Å². The van der Waals surface area contributed by atoms with Gasteiger partial charge in [0.25, 0.3) is 0 Å². The lowest BCUT2D eigenvalue weighted by Crippen LogP contribution is -2.57. The molecule has 1 aliphatic rings. The summed E-state index contributed by atoms with van der Waals surface area (Å²) in [6.45, 7) is 13.2. The number of ketones is 1. The topological polar surface area (TPSA) is 80.6 Å².